The summed E-state index contributed by atoms with van der Waals surface area (Å²) in [7, 11) is 0. The van der Waals surface area contributed by atoms with Gasteiger partial charge in [-0.2, -0.15) is 12.6 Å². The molecule has 0 N–H and O–H groups in total. The molecular weight excluding hydrogens is 228 g/mol. The van der Waals surface area contributed by atoms with Crippen molar-refractivity contribution in [2.24, 2.45) is 0 Å². The Morgan fingerprint density at radius 3 is 1.62 bits per heavy atom. The number of esters is 2. The summed E-state index contributed by atoms with van der Waals surface area (Å²) in [5, 5.41) is -0.355. The Morgan fingerprint density at radius 1 is 1.06 bits per heavy atom. The molecule has 0 radical (unpaired) electrons. The van der Waals surface area contributed by atoms with E-state index in [0.29, 0.717) is 11.1 Å². The molecule has 0 aromatic rings. The van der Waals surface area contributed by atoms with Gasteiger partial charge in [0.25, 0.3) is 0 Å². The van der Waals surface area contributed by atoms with Crippen LogP contribution in [0.2, 0.25) is 0 Å². The molecule has 0 saturated heterocycles. The van der Waals surface area contributed by atoms with Crippen LogP contribution in [0.3, 0.4) is 0 Å². The number of hydrogen-bond donors (Lipinski definition) is 1. The first kappa shape index (κ1) is 14.8. The van der Waals surface area contributed by atoms with E-state index in [1.54, 1.807) is 13.8 Å². The van der Waals surface area contributed by atoms with Gasteiger partial charge < -0.3 is 9.47 Å². The molecule has 0 spiro atoms. The van der Waals surface area contributed by atoms with E-state index in [1.165, 1.54) is 0 Å². The molecule has 0 fully saturated rings. The van der Waals surface area contributed by atoms with Gasteiger partial charge in [0.15, 0.2) is 0 Å². The maximum absolute atomic E-state index is 11.0. The Balaban J connectivity index is 3.79. The molecule has 0 unspecified atom stereocenters. The van der Waals surface area contributed by atoms with Gasteiger partial charge >= 0.3 is 11.9 Å². The lowest BCUT2D eigenvalue weighted by atomic mass is 10.3. The van der Waals surface area contributed by atoms with Gasteiger partial charge in [-0.3, -0.25) is 0 Å². The van der Waals surface area contributed by atoms with Gasteiger partial charge in [-0.1, -0.05) is 13.2 Å². The number of carbonyl (C=O) groups excluding carboxylic acids is 2. The van der Waals surface area contributed by atoms with Gasteiger partial charge in [0, 0.05) is 11.1 Å². The van der Waals surface area contributed by atoms with E-state index in [4.69, 9.17) is 9.47 Å². The smallest absolute Gasteiger partial charge is 0.333 e. The summed E-state index contributed by atoms with van der Waals surface area (Å²) in [5.41, 5.74) is 0.638. The molecule has 0 atom stereocenters. The van der Waals surface area contributed by atoms with Crippen molar-refractivity contribution < 1.29 is 19.1 Å². The molecule has 90 valence electrons. The van der Waals surface area contributed by atoms with Crippen molar-refractivity contribution in [2.45, 2.75) is 19.1 Å². The molecule has 0 bridgehead atoms. The van der Waals surface area contributed by atoms with Crippen molar-refractivity contribution in [3.63, 3.8) is 0 Å². The third-order valence-corrected chi connectivity index (χ3v) is 1.81. The zero-order valence-corrected chi connectivity index (χ0v) is 10.4. The highest BCUT2D eigenvalue weighted by atomic mass is 32.1. The monoisotopic (exact) mass is 244 g/mol. The largest absolute Gasteiger partial charge is 0.461 e. The fourth-order valence-electron chi connectivity index (χ4n) is 0.638. The summed E-state index contributed by atoms with van der Waals surface area (Å²) >= 11 is 4.10. The molecule has 5 heteroatoms. The molecule has 0 amide bonds. The Morgan fingerprint density at radius 2 is 1.38 bits per heavy atom. The van der Waals surface area contributed by atoms with Gasteiger partial charge in [0.2, 0.25) is 0 Å². The molecule has 0 rings (SSSR count). The number of carbonyl (C=O) groups is 2. The molecule has 4 nitrogen and oxygen atoms in total. The second-order valence-electron chi connectivity index (χ2n) is 3.41. The number of hydrogen-bond acceptors (Lipinski definition) is 5. The third kappa shape index (κ3) is 6.29. The fraction of sp³-hybridized carbons (Fsp3) is 0.455. The minimum Gasteiger partial charge on any atom is -0.461 e. The molecule has 0 aromatic heterocycles. The topological polar surface area (TPSA) is 52.6 Å². The Hall–Kier alpha value is -1.23. The second kappa shape index (κ2) is 7.11. The van der Waals surface area contributed by atoms with Crippen LogP contribution >= 0.6 is 12.6 Å². The predicted molar refractivity (Wildman–Crippen MR) is 64.3 cm³/mol. The van der Waals surface area contributed by atoms with Crippen molar-refractivity contribution in [3.8, 4) is 0 Å². The van der Waals surface area contributed by atoms with Crippen LogP contribution in [0, 0.1) is 0 Å². The van der Waals surface area contributed by atoms with E-state index in [9.17, 15) is 9.59 Å². The summed E-state index contributed by atoms with van der Waals surface area (Å²) in [4.78, 5) is 22.0. The molecular formula is C11H16O4S. The summed E-state index contributed by atoms with van der Waals surface area (Å²) in [6.45, 7) is 10.1. The summed E-state index contributed by atoms with van der Waals surface area (Å²) in [6.07, 6.45) is 0. The van der Waals surface area contributed by atoms with E-state index in [1.807, 2.05) is 0 Å². The van der Waals surface area contributed by atoms with E-state index < -0.39 is 11.9 Å². The van der Waals surface area contributed by atoms with E-state index in [0.717, 1.165) is 0 Å². The van der Waals surface area contributed by atoms with Gasteiger partial charge in [-0.05, 0) is 13.8 Å². The Bertz CT molecular complexity index is 279. The quantitative estimate of drug-likeness (QED) is 0.437. The predicted octanol–water partition coefficient (Wildman–Crippen LogP) is 1.52. The first-order valence-electron chi connectivity index (χ1n) is 4.68. The van der Waals surface area contributed by atoms with Gasteiger partial charge in [-0.25, -0.2) is 9.59 Å². The van der Waals surface area contributed by atoms with E-state index in [-0.39, 0.29) is 18.5 Å². The first-order chi connectivity index (χ1) is 7.34. The highest BCUT2D eigenvalue weighted by Gasteiger charge is 2.11. The first-order valence-corrected chi connectivity index (χ1v) is 5.19. The normalized spacial score (nSPS) is 9.75. The molecule has 0 aliphatic heterocycles. The van der Waals surface area contributed by atoms with Crippen LogP contribution in [-0.4, -0.2) is 30.4 Å². The molecule has 16 heavy (non-hydrogen) atoms. The van der Waals surface area contributed by atoms with E-state index >= 15 is 0 Å². The minimum absolute atomic E-state index is 0.0677. The second-order valence-corrected chi connectivity index (χ2v) is 4.14. The molecule has 0 heterocycles. The lowest BCUT2D eigenvalue weighted by Crippen LogP contribution is -2.21. The fourth-order valence-corrected chi connectivity index (χ4v) is 0.787. The Kier molecular flexibility index (Phi) is 6.56. The lowest BCUT2D eigenvalue weighted by Gasteiger charge is -2.11. The molecule has 0 aliphatic rings. The van der Waals surface area contributed by atoms with Crippen LogP contribution in [0.25, 0.3) is 0 Å². The minimum atomic E-state index is -0.481. The van der Waals surface area contributed by atoms with Crippen LogP contribution in [0.15, 0.2) is 24.3 Å². The van der Waals surface area contributed by atoms with Crippen LogP contribution < -0.4 is 0 Å². The standard InChI is InChI=1S/C11H16O4S/c1-7(2)10(12)14-5-9(16)6-15-11(13)8(3)4/h9,16H,1,3,5-6H2,2,4H3. The summed E-state index contributed by atoms with van der Waals surface area (Å²) in [6, 6.07) is 0. The zero-order chi connectivity index (χ0) is 12.7. The van der Waals surface area contributed by atoms with Crippen molar-refractivity contribution in [3.05, 3.63) is 24.3 Å². The third-order valence-electron chi connectivity index (χ3n) is 1.51. The molecule has 0 aromatic carbocycles. The highest BCUT2D eigenvalue weighted by molar-refractivity contribution is 7.81. The summed E-state index contributed by atoms with van der Waals surface area (Å²) < 4.78 is 9.66. The maximum Gasteiger partial charge on any atom is 0.333 e. The van der Waals surface area contributed by atoms with Gasteiger partial charge in [0.1, 0.15) is 13.2 Å². The average Bonchev–Trinajstić information content (AvgIpc) is 2.21. The van der Waals surface area contributed by atoms with Crippen LogP contribution in [0.4, 0.5) is 0 Å². The maximum atomic E-state index is 11.0. The Labute approximate surface area is 101 Å². The van der Waals surface area contributed by atoms with Gasteiger partial charge in [0.05, 0.1) is 5.25 Å². The number of rotatable bonds is 6. The molecule has 0 aliphatic carbocycles. The van der Waals surface area contributed by atoms with Crippen LogP contribution in [0.1, 0.15) is 13.8 Å². The number of ether oxygens (including phenoxy) is 2. The van der Waals surface area contributed by atoms with Crippen LogP contribution in [0.5, 0.6) is 0 Å². The number of thiol groups is 1. The van der Waals surface area contributed by atoms with Crippen molar-refractivity contribution in [2.75, 3.05) is 13.2 Å². The van der Waals surface area contributed by atoms with Gasteiger partial charge in [-0.15, -0.1) is 0 Å². The lowest BCUT2D eigenvalue weighted by molar-refractivity contribution is -0.141. The molecule has 0 saturated carbocycles. The van der Waals surface area contributed by atoms with Crippen molar-refractivity contribution >= 4 is 24.6 Å². The average molecular weight is 244 g/mol. The van der Waals surface area contributed by atoms with E-state index in [2.05, 4.69) is 25.8 Å². The zero-order valence-electron chi connectivity index (χ0n) is 9.49. The van der Waals surface area contributed by atoms with Crippen LogP contribution in [-0.2, 0) is 19.1 Å². The summed E-state index contributed by atoms with van der Waals surface area (Å²) in [5.74, 6) is -0.962. The SMILES string of the molecule is C=C(C)C(=O)OCC(S)COC(=O)C(=C)C. The van der Waals surface area contributed by atoms with Crippen molar-refractivity contribution in [1.82, 2.24) is 0 Å². The van der Waals surface area contributed by atoms with Crippen molar-refractivity contribution in [1.29, 1.82) is 0 Å². The highest BCUT2D eigenvalue weighted by Crippen LogP contribution is 2.02.